The van der Waals surface area contributed by atoms with Crippen molar-refractivity contribution in [1.82, 2.24) is 0 Å². The second-order valence-corrected chi connectivity index (χ2v) is 4.17. The average molecular weight is 250 g/mol. The number of nitrogens with two attached hydrogens (primary N) is 1. The molecule has 1 aromatic carbocycles. The molecule has 0 atom stereocenters. The number of hydrogen-bond donors (Lipinski definition) is 2. The molecule has 0 radical (unpaired) electrons. The molecule has 0 unspecified atom stereocenters. The van der Waals surface area contributed by atoms with E-state index in [9.17, 15) is 5.11 Å². The van der Waals surface area contributed by atoms with Crippen molar-refractivity contribution in [2.24, 2.45) is 16.0 Å². The highest BCUT2D eigenvalue weighted by atomic mass is 35.5. The molecular weight excluding hydrogens is 238 g/mol. The summed E-state index contributed by atoms with van der Waals surface area (Å²) in [6, 6.07) is 6.97. The highest BCUT2D eigenvalue weighted by Crippen LogP contribution is 2.24. The van der Waals surface area contributed by atoms with E-state index >= 15 is 0 Å². The monoisotopic (exact) mass is 249 g/mol. The summed E-state index contributed by atoms with van der Waals surface area (Å²) < 4.78 is 0. The van der Waals surface area contributed by atoms with Gasteiger partial charge >= 0.3 is 0 Å². The van der Waals surface area contributed by atoms with Crippen LogP contribution < -0.4 is 5.73 Å². The van der Waals surface area contributed by atoms with Crippen LogP contribution in [0.2, 0.25) is 5.02 Å². The van der Waals surface area contributed by atoms with E-state index in [1.165, 1.54) is 12.2 Å². The van der Waals surface area contributed by atoms with Crippen LogP contribution in [-0.4, -0.2) is 16.9 Å². The Morgan fingerprint density at radius 3 is 2.53 bits per heavy atom. The molecular formula is C12H12ClN3O. The Labute approximate surface area is 104 Å². The summed E-state index contributed by atoms with van der Waals surface area (Å²) >= 11 is 5.94. The summed E-state index contributed by atoms with van der Waals surface area (Å²) in [5.74, 6) is 0. The second-order valence-electron chi connectivity index (χ2n) is 3.76. The predicted octanol–water partition coefficient (Wildman–Crippen LogP) is 2.57. The number of azo groups is 1. The third-order valence-electron chi connectivity index (χ3n) is 2.27. The van der Waals surface area contributed by atoms with Crippen LogP contribution in [0.4, 0.5) is 5.69 Å². The number of aliphatic hydroxyl groups is 1. The van der Waals surface area contributed by atoms with Crippen LogP contribution >= 0.6 is 11.6 Å². The lowest BCUT2D eigenvalue weighted by molar-refractivity contribution is 0.148. The fraction of sp³-hybridized carbons (Fsp3) is 0.167. The molecule has 3 N–H and O–H groups in total. The minimum absolute atomic E-state index is 0.227. The minimum Gasteiger partial charge on any atom is -0.369 e. The molecule has 0 spiro atoms. The van der Waals surface area contributed by atoms with Crippen LogP contribution in [0.15, 0.2) is 58.8 Å². The largest absolute Gasteiger partial charge is 0.369 e. The standard InChI is InChI=1S/C12H12ClN3O/c13-10-3-1-2-4-11(10)16-15-9-5-7-12(14,17)8-6-9/h1-9,17H,14H2/b16-15+. The molecule has 0 amide bonds. The lowest BCUT2D eigenvalue weighted by Crippen LogP contribution is -2.36. The van der Waals surface area contributed by atoms with Gasteiger partial charge in [-0.25, -0.2) is 0 Å². The molecule has 0 heterocycles. The first-order valence-electron chi connectivity index (χ1n) is 5.12. The zero-order valence-electron chi connectivity index (χ0n) is 8.99. The smallest absolute Gasteiger partial charge is 0.152 e. The third kappa shape index (κ3) is 3.23. The molecule has 0 saturated heterocycles. The Bertz CT molecular complexity index is 478. The summed E-state index contributed by atoms with van der Waals surface area (Å²) in [6.45, 7) is 0. The van der Waals surface area contributed by atoms with Crippen molar-refractivity contribution in [2.75, 3.05) is 0 Å². The first kappa shape index (κ1) is 12.0. The molecule has 1 aromatic rings. The van der Waals surface area contributed by atoms with Crippen LogP contribution in [-0.2, 0) is 0 Å². The highest BCUT2D eigenvalue weighted by Gasteiger charge is 2.17. The van der Waals surface area contributed by atoms with Gasteiger partial charge in [0.05, 0.1) is 5.02 Å². The van der Waals surface area contributed by atoms with Gasteiger partial charge in [-0.15, -0.1) is 0 Å². The molecule has 4 nitrogen and oxygen atoms in total. The maximum atomic E-state index is 9.43. The van der Waals surface area contributed by atoms with Gasteiger partial charge in [-0.05, 0) is 24.3 Å². The van der Waals surface area contributed by atoms with Crippen LogP contribution in [0.25, 0.3) is 0 Å². The van der Waals surface area contributed by atoms with E-state index in [0.29, 0.717) is 10.7 Å². The summed E-state index contributed by atoms with van der Waals surface area (Å²) in [6.07, 6.45) is 6.31. The zero-order chi connectivity index (χ0) is 12.3. The fourth-order valence-electron chi connectivity index (χ4n) is 1.36. The molecule has 0 aromatic heterocycles. The average Bonchev–Trinajstić information content (AvgIpc) is 2.30. The molecule has 1 aliphatic rings. The molecule has 5 heteroatoms. The van der Waals surface area contributed by atoms with Crippen molar-refractivity contribution < 1.29 is 5.11 Å². The van der Waals surface area contributed by atoms with Gasteiger partial charge in [-0.3, -0.25) is 5.73 Å². The third-order valence-corrected chi connectivity index (χ3v) is 2.59. The number of hydrogen-bond acceptors (Lipinski definition) is 4. The van der Waals surface area contributed by atoms with Crippen LogP contribution in [0.1, 0.15) is 0 Å². The molecule has 88 valence electrons. The molecule has 1 aliphatic carbocycles. The molecule has 0 bridgehead atoms. The molecule has 2 rings (SSSR count). The lowest BCUT2D eigenvalue weighted by Gasteiger charge is -2.18. The number of benzene rings is 1. The van der Waals surface area contributed by atoms with Gasteiger partial charge in [0, 0.05) is 0 Å². The van der Waals surface area contributed by atoms with Gasteiger partial charge in [0.25, 0.3) is 0 Å². The van der Waals surface area contributed by atoms with Crippen molar-refractivity contribution in [3.8, 4) is 0 Å². The Kier molecular flexibility index (Phi) is 3.38. The van der Waals surface area contributed by atoms with Gasteiger partial charge in [0.15, 0.2) is 5.72 Å². The van der Waals surface area contributed by atoms with Gasteiger partial charge < -0.3 is 5.11 Å². The van der Waals surface area contributed by atoms with Gasteiger partial charge in [0.2, 0.25) is 0 Å². The summed E-state index contributed by atoms with van der Waals surface area (Å²) in [7, 11) is 0. The summed E-state index contributed by atoms with van der Waals surface area (Å²) in [5, 5.41) is 18.1. The first-order chi connectivity index (χ1) is 8.07. The summed E-state index contributed by atoms with van der Waals surface area (Å²) in [5.41, 5.74) is 4.70. The Morgan fingerprint density at radius 2 is 1.88 bits per heavy atom. The van der Waals surface area contributed by atoms with Crippen molar-refractivity contribution >= 4 is 17.3 Å². The van der Waals surface area contributed by atoms with Crippen molar-refractivity contribution in [1.29, 1.82) is 0 Å². The normalized spacial score (nSPS) is 27.8. The Balaban J connectivity index is 2.09. The Hall–Kier alpha value is -1.49. The molecule has 0 fully saturated rings. The minimum atomic E-state index is -1.38. The lowest BCUT2D eigenvalue weighted by atomic mass is 10.1. The zero-order valence-corrected chi connectivity index (χ0v) is 9.75. The number of nitrogens with zero attached hydrogens (tertiary/aromatic N) is 2. The van der Waals surface area contributed by atoms with Gasteiger partial charge in [-0.1, -0.05) is 35.9 Å². The van der Waals surface area contributed by atoms with E-state index < -0.39 is 5.72 Å². The summed E-state index contributed by atoms with van der Waals surface area (Å²) in [4.78, 5) is 0. The molecule has 0 aliphatic heterocycles. The maximum absolute atomic E-state index is 9.43. The quantitative estimate of drug-likeness (QED) is 0.480. The van der Waals surface area contributed by atoms with E-state index in [4.69, 9.17) is 17.3 Å². The predicted molar refractivity (Wildman–Crippen MR) is 67.2 cm³/mol. The Morgan fingerprint density at radius 1 is 1.24 bits per heavy atom. The van der Waals surface area contributed by atoms with E-state index in [2.05, 4.69) is 10.2 Å². The van der Waals surface area contributed by atoms with E-state index in [1.54, 1.807) is 24.3 Å². The van der Waals surface area contributed by atoms with Crippen molar-refractivity contribution in [2.45, 2.75) is 11.8 Å². The first-order valence-corrected chi connectivity index (χ1v) is 5.50. The molecule has 17 heavy (non-hydrogen) atoms. The van der Waals surface area contributed by atoms with E-state index in [1.807, 2.05) is 12.1 Å². The van der Waals surface area contributed by atoms with Crippen LogP contribution in [0, 0.1) is 0 Å². The fourth-order valence-corrected chi connectivity index (χ4v) is 1.54. The van der Waals surface area contributed by atoms with E-state index in [-0.39, 0.29) is 6.04 Å². The molecule has 0 saturated carbocycles. The maximum Gasteiger partial charge on any atom is 0.152 e. The van der Waals surface area contributed by atoms with Gasteiger partial charge in [0.1, 0.15) is 11.7 Å². The number of halogens is 1. The van der Waals surface area contributed by atoms with Crippen LogP contribution in [0.3, 0.4) is 0 Å². The van der Waals surface area contributed by atoms with Gasteiger partial charge in [-0.2, -0.15) is 10.2 Å². The highest BCUT2D eigenvalue weighted by molar-refractivity contribution is 6.32. The van der Waals surface area contributed by atoms with E-state index in [0.717, 1.165) is 0 Å². The van der Waals surface area contributed by atoms with Crippen molar-refractivity contribution in [3.05, 3.63) is 53.6 Å². The topological polar surface area (TPSA) is 71.0 Å². The second kappa shape index (κ2) is 4.79. The number of rotatable bonds is 2. The SMILES string of the molecule is NC1(O)C=CC(/N=N/c2ccccc2Cl)C=C1. The van der Waals surface area contributed by atoms with Crippen LogP contribution in [0.5, 0.6) is 0 Å². The van der Waals surface area contributed by atoms with Crippen molar-refractivity contribution in [3.63, 3.8) is 0 Å².